The first-order chi connectivity index (χ1) is 7.19. The number of unbranched alkanes of at least 4 members (excludes halogenated alkanes) is 1. The maximum absolute atomic E-state index is 6.21. The van der Waals surface area contributed by atoms with Gasteiger partial charge >= 0.3 is 0 Å². The van der Waals surface area contributed by atoms with Crippen molar-refractivity contribution in [3.05, 3.63) is 33.8 Å². The van der Waals surface area contributed by atoms with Crippen molar-refractivity contribution < 1.29 is 0 Å². The van der Waals surface area contributed by atoms with Gasteiger partial charge in [0.05, 0.1) is 0 Å². The lowest BCUT2D eigenvalue weighted by molar-refractivity contribution is 0.744. The molecule has 0 radical (unpaired) electrons. The molecule has 0 spiro atoms. The molecule has 0 aliphatic carbocycles. The number of aryl methyl sites for hydroxylation is 3. The lowest BCUT2D eigenvalue weighted by Gasteiger charge is -2.09. The van der Waals surface area contributed by atoms with Crippen LogP contribution >= 0.6 is 11.6 Å². The average Bonchev–Trinajstić information content (AvgIpc) is 2.23. The van der Waals surface area contributed by atoms with Gasteiger partial charge in [-0.3, -0.25) is 0 Å². The van der Waals surface area contributed by atoms with Crippen LogP contribution in [0.3, 0.4) is 0 Å². The summed E-state index contributed by atoms with van der Waals surface area (Å²) in [7, 11) is 0. The Morgan fingerprint density at radius 1 is 1.27 bits per heavy atom. The molecule has 0 saturated heterocycles. The lowest BCUT2D eigenvalue weighted by Crippen LogP contribution is -1.99. The molecular weight excluding hydrogens is 206 g/mol. The van der Waals surface area contributed by atoms with Crippen molar-refractivity contribution in [2.75, 3.05) is 6.54 Å². The van der Waals surface area contributed by atoms with Crippen LogP contribution in [0.15, 0.2) is 12.1 Å². The molecule has 84 valence electrons. The Balaban J connectivity index is 2.77. The van der Waals surface area contributed by atoms with Gasteiger partial charge in [-0.1, -0.05) is 30.7 Å². The molecule has 0 heterocycles. The first-order valence-electron chi connectivity index (χ1n) is 5.67. The Kier molecular flexibility index (Phi) is 5.13. The van der Waals surface area contributed by atoms with E-state index < -0.39 is 0 Å². The van der Waals surface area contributed by atoms with Gasteiger partial charge in [0.25, 0.3) is 0 Å². The quantitative estimate of drug-likeness (QED) is 0.763. The molecule has 0 bridgehead atoms. The molecule has 0 unspecified atom stereocenters. The molecule has 0 amide bonds. The largest absolute Gasteiger partial charge is 0.330 e. The van der Waals surface area contributed by atoms with Crippen LogP contribution in [0, 0.1) is 6.92 Å². The monoisotopic (exact) mass is 225 g/mol. The summed E-state index contributed by atoms with van der Waals surface area (Å²) >= 11 is 6.21. The Hall–Kier alpha value is -0.530. The van der Waals surface area contributed by atoms with Crippen molar-refractivity contribution in [3.63, 3.8) is 0 Å². The number of hydrogen-bond donors (Lipinski definition) is 1. The summed E-state index contributed by atoms with van der Waals surface area (Å²) in [5.74, 6) is 0. The number of rotatable bonds is 5. The van der Waals surface area contributed by atoms with Crippen LogP contribution in [0.2, 0.25) is 5.02 Å². The van der Waals surface area contributed by atoms with Gasteiger partial charge in [-0.2, -0.15) is 0 Å². The first kappa shape index (κ1) is 12.5. The fraction of sp³-hybridized carbons (Fsp3) is 0.538. The summed E-state index contributed by atoms with van der Waals surface area (Å²) in [6.07, 6.45) is 4.39. The number of halogens is 1. The van der Waals surface area contributed by atoms with Crippen LogP contribution in [0.25, 0.3) is 0 Å². The third kappa shape index (κ3) is 3.51. The molecule has 0 aromatic heterocycles. The highest BCUT2D eigenvalue weighted by atomic mass is 35.5. The van der Waals surface area contributed by atoms with Crippen molar-refractivity contribution in [1.29, 1.82) is 0 Å². The maximum Gasteiger partial charge on any atom is 0.0467 e. The minimum atomic E-state index is 0.785. The Morgan fingerprint density at radius 2 is 2.00 bits per heavy atom. The molecule has 2 heteroatoms. The lowest BCUT2D eigenvalue weighted by atomic mass is 10.0. The van der Waals surface area contributed by atoms with Crippen molar-refractivity contribution in [2.24, 2.45) is 5.73 Å². The van der Waals surface area contributed by atoms with Gasteiger partial charge in [-0.25, -0.2) is 0 Å². The zero-order chi connectivity index (χ0) is 11.3. The molecule has 0 aliphatic rings. The van der Waals surface area contributed by atoms with E-state index in [1.807, 2.05) is 0 Å². The van der Waals surface area contributed by atoms with E-state index in [2.05, 4.69) is 26.0 Å². The van der Waals surface area contributed by atoms with Gasteiger partial charge in [0.15, 0.2) is 0 Å². The number of benzene rings is 1. The molecule has 2 N–H and O–H groups in total. The van der Waals surface area contributed by atoms with E-state index in [1.54, 1.807) is 0 Å². The van der Waals surface area contributed by atoms with Gasteiger partial charge in [0.2, 0.25) is 0 Å². The Labute approximate surface area is 97.6 Å². The second-order valence-corrected chi connectivity index (χ2v) is 4.36. The minimum absolute atomic E-state index is 0.785. The molecule has 1 nitrogen and oxygen atoms in total. The molecule has 0 saturated carbocycles. The predicted molar refractivity (Wildman–Crippen MR) is 67.6 cm³/mol. The Bertz CT molecular complexity index is 321. The molecule has 0 aliphatic heterocycles. The topological polar surface area (TPSA) is 26.0 Å². The SMILES string of the molecule is CCc1cc(CCCCN)cc(C)c1Cl. The zero-order valence-corrected chi connectivity index (χ0v) is 10.4. The van der Waals surface area contributed by atoms with Crippen LogP contribution in [0.4, 0.5) is 0 Å². The summed E-state index contributed by atoms with van der Waals surface area (Å²) in [5.41, 5.74) is 9.33. The zero-order valence-electron chi connectivity index (χ0n) is 9.65. The van der Waals surface area contributed by atoms with Crippen molar-refractivity contribution >= 4 is 11.6 Å². The number of nitrogens with two attached hydrogens (primary N) is 1. The van der Waals surface area contributed by atoms with Gasteiger partial charge in [0.1, 0.15) is 0 Å². The van der Waals surface area contributed by atoms with Crippen LogP contribution in [0.1, 0.15) is 36.5 Å². The van der Waals surface area contributed by atoms with Crippen molar-refractivity contribution in [3.8, 4) is 0 Å². The molecule has 0 fully saturated rings. The van der Waals surface area contributed by atoms with Crippen LogP contribution in [-0.4, -0.2) is 6.54 Å². The summed E-state index contributed by atoms with van der Waals surface area (Å²) in [5, 5.41) is 0.931. The van der Waals surface area contributed by atoms with E-state index in [9.17, 15) is 0 Å². The fourth-order valence-electron chi connectivity index (χ4n) is 1.80. The summed E-state index contributed by atoms with van der Waals surface area (Å²) in [4.78, 5) is 0. The van der Waals surface area contributed by atoms with Gasteiger partial charge in [-0.05, 0) is 55.8 Å². The van der Waals surface area contributed by atoms with E-state index in [0.717, 1.165) is 30.8 Å². The summed E-state index contributed by atoms with van der Waals surface area (Å²) < 4.78 is 0. The highest BCUT2D eigenvalue weighted by Gasteiger charge is 2.04. The predicted octanol–water partition coefficient (Wildman–Crippen LogP) is 3.49. The van der Waals surface area contributed by atoms with Crippen LogP contribution in [-0.2, 0) is 12.8 Å². The van der Waals surface area contributed by atoms with Crippen molar-refractivity contribution in [1.82, 2.24) is 0 Å². The second-order valence-electron chi connectivity index (χ2n) is 3.99. The Morgan fingerprint density at radius 3 is 2.60 bits per heavy atom. The van der Waals surface area contributed by atoms with E-state index in [1.165, 1.54) is 23.1 Å². The van der Waals surface area contributed by atoms with E-state index in [0.29, 0.717) is 0 Å². The molecule has 1 aromatic rings. The third-order valence-corrected chi connectivity index (χ3v) is 3.23. The number of hydrogen-bond acceptors (Lipinski definition) is 1. The molecular formula is C13H20ClN. The molecule has 1 aromatic carbocycles. The van der Waals surface area contributed by atoms with Gasteiger partial charge in [-0.15, -0.1) is 0 Å². The van der Waals surface area contributed by atoms with Gasteiger partial charge < -0.3 is 5.73 Å². The van der Waals surface area contributed by atoms with E-state index >= 15 is 0 Å². The van der Waals surface area contributed by atoms with Crippen molar-refractivity contribution in [2.45, 2.75) is 39.5 Å². The van der Waals surface area contributed by atoms with Gasteiger partial charge in [0, 0.05) is 5.02 Å². The third-order valence-electron chi connectivity index (χ3n) is 2.69. The normalized spacial score (nSPS) is 10.7. The fourth-order valence-corrected chi connectivity index (χ4v) is 2.04. The average molecular weight is 226 g/mol. The smallest absolute Gasteiger partial charge is 0.0467 e. The van der Waals surface area contributed by atoms with Crippen LogP contribution < -0.4 is 5.73 Å². The first-order valence-corrected chi connectivity index (χ1v) is 6.04. The minimum Gasteiger partial charge on any atom is -0.330 e. The van der Waals surface area contributed by atoms with Crippen LogP contribution in [0.5, 0.6) is 0 Å². The molecule has 15 heavy (non-hydrogen) atoms. The molecule has 1 rings (SSSR count). The highest BCUT2D eigenvalue weighted by Crippen LogP contribution is 2.23. The summed E-state index contributed by atoms with van der Waals surface area (Å²) in [6, 6.07) is 4.42. The maximum atomic E-state index is 6.21. The second kappa shape index (κ2) is 6.14. The highest BCUT2D eigenvalue weighted by molar-refractivity contribution is 6.32. The molecule has 0 atom stereocenters. The standard InChI is InChI=1S/C13H20ClN/c1-3-12-9-11(6-4-5-7-15)8-10(2)13(12)14/h8-9H,3-7,15H2,1-2H3. The van der Waals surface area contributed by atoms with E-state index in [-0.39, 0.29) is 0 Å². The summed E-state index contributed by atoms with van der Waals surface area (Å²) in [6.45, 7) is 5.01. The van der Waals surface area contributed by atoms with E-state index in [4.69, 9.17) is 17.3 Å².